The molecule has 0 saturated heterocycles. The molecule has 13 heavy (non-hydrogen) atoms. The van der Waals surface area contributed by atoms with E-state index in [0.717, 1.165) is 5.56 Å². The number of benzene rings is 1. The number of ether oxygens (including phenoxy) is 1. The largest absolute Gasteiger partial charge is 0.423 e. The molecule has 0 aliphatic rings. The number of hydrogen-bond donors (Lipinski definition) is 0. The van der Waals surface area contributed by atoms with E-state index >= 15 is 0 Å². The molecule has 0 fully saturated rings. The summed E-state index contributed by atoms with van der Waals surface area (Å²) in [5.74, 6) is 0.169. The molecule has 1 aromatic rings. The lowest BCUT2D eigenvalue weighted by Gasteiger charge is -2.02. The maximum atomic E-state index is 11.1. The zero-order chi connectivity index (χ0) is 9.84. The van der Waals surface area contributed by atoms with E-state index < -0.39 is 0 Å². The smallest absolute Gasteiger partial charge is 0.338 e. The van der Waals surface area contributed by atoms with Crippen molar-refractivity contribution in [2.24, 2.45) is 0 Å². The number of esters is 1. The van der Waals surface area contributed by atoms with Crippen LogP contribution in [-0.2, 0) is 4.79 Å². The van der Waals surface area contributed by atoms with Crippen LogP contribution in [0.3, 0.4) is 0 Å². The van der Waals surface area contributed by atoms with Gasteiger partial charge in [-0.1, -0.05) is 24.3 Å². The number of rotatable bonds is 2. The first-order valence-electron chi connectivity index (χ1n) is 4.04. The zero-order valence-corrected chi connectivity index (χ0v) is 7.83. The van der Waals surface area contributed by atoms with Crippen molar-refractivity contribution in [2.75, 3.05) is 0 Å². The lowest BCUT2D eigenvalue weighted by Crippen LogP contribution is -2.07. The van der Waals surface area contributed by atoms with Crippen LogP contribution in [0.1, 0.15) is 12.5 Å². The predicted molar refractivity (Wildman–Crippen MR) is 51.6 cm³/mol. The third-order valence-corrected chi connectivity index (χ3v) is 1.58. The molecule has 2 nitrogen and oxygen atoms in total. The third-order valence-electron chi connectivity index (χ3n) is 1.58. The average Bonchev–Trinajstić information content (AvgIpc) is 2.08. The molecule has 0 saturated carbocycles. The van der Waals surface area contributed by atoms with Crippen molar-refractivity contribution in [2.45, 2.75) is 13.8 Å². The van der Waals surface area contributed by atoms with E-state index in [1.807, 2.05) is 19.1 Å². The minimum absolute atomic E-state index is 0.385. The van der Waals surface area contributed by atoms with Crippen molar-refractivity contribution in [1.82, 2.24) is 0 Å². The fraction of sp³-hybridized carbons (Fsp3) is 0.182. The molecule has 0 amide bonds. The topological polar surface area (TPSA) is 26.3 Å². The summed E-state index contributed by atoms with van der Waals surface area (Å²) in [7, 11) is 0. The molecular formula is C11H12O2. The predicted octanol–water partition coefficient (Wildman–Crippen LogP) is 2.48. The summed E-state index contributed by atoms with van der Waals surface area (Å²) in [6.45, 7) is 7.09. The number of carbonyl (C=O) groups excluding carboxylic acids is 1. The van der Waals surface area contributed by atoms with Gasteiger partial charge in [0.05, 0.1) is 0 Å². The Bertz CT molecular complexity index is 322. The molecule has 0 atom stereocenters. The Morgan fingerprint density at radius 3 is 2.31 bits per heavy atom. The van der Waals surface area contributed by atoms with Crippen molar-refractivity contribution < 1.29 is 9.53 Å². The fourth-order valence-corrected chi connectivity index (χ4v) is 0.800. The Kier molecular flexibility index (Phi) is 2.85. The van der Waals surface area contributed by atoms with E-state index in [0.29, 0.717) is 11.3 Å². The second-order valence-electron chi connectivity index (χ2n) is 2.98. The van der Waals surface area contributed by atoms with E-state index in [2.05, 4.69) is 6.58 Å². The molecular weight excluding hydrogens is 164 g/mol. The molecule has 1 rings (SSSR count). The standard InChI is InChI=1S/C11H12O2/c1-8(2)11(12)13-10-6-4-9(3)5-7-10/h4-7H,1H2,2-3H3. The molecule has 0 heterocycles. The van der Waals surface area contributed by atoms with Crippen molar-refractivity contribution in [1.29, 1.82) is 0 Å². The van der Waals surface area contributed by atoms with Gasteiger partial charge in [0.1, 0.15) is 5.75 Å². The Morgan fingerprint density at radius 2 is 1.85 bits per heavy atom. The van der Waals surface area contributed by atoms with Crippen LogP contribution in [-0.4, -0.2) is 5.97 Å². The van der Waals surface area contributed by atoms with Gasteiger partial charge in [0.15, 0.2) is 0 Å². The van der Waals surface area contributed by atoms with Crippen LogP contribution in [0.5, 0.6) is 5.75 Å². The fourth-order valence-electron chi connectivity index (χ4n) is 0.800. The van der Waals surface area contributed by atoms with Crippen LogP contribution < -0.4 is 4.74 Å². The van der Waals surface area contributed by atoms with Crippen LogP contribution in [0, 0.1) is 6.92 Å². The lowest BCUT2D eigenvalue weighted by molar-refractivity contribution is -0.130. The van der Waals surface area contributed by atoms with E-state index in [-0.39, 0.29) is 5.97 Å². The molecule has 0 N–H and O–H groups in total. The maximum absolute atomic E-state index is 11.1. The first kappa shape index (κ1) is 9.52. The second-order valence-corrected chi connectivity index (χ2v) is 2.98. The molecule has 0 aliphatic heterocycles. The first-order valence-corrected chi connectivity index (χ1v) is 4.04. The Balaban J connectivity index is 2.70. The average molecular weight is 176 g/mol. The molecule has 0 spiro atoms. The van der Waals surface area contributed by atoms with Crippen molar-refractivity contribution in [3.8, 4) is 5.75 Å². The number of aryl methyl sites for hydroxylation is 1. The number of hydrogen-bond acceptors (Lipinski definition) is 2. The molecule has 0 aliphatic carbocycles. The normalized spacial score (nSPS) is 9.38. The highest BCUT2D eigenvalue weighted by Crippen LogP contribution is 2.12. The lowest BCUT2D eigenvalue weighted by atomic mass is 10.2. The van der Waals surface area contributed by atoms with E-state index in [1.165, 1.54) is 0 Å². The summed E-state index contributed by atoms with van der Waals surface area (Å²) in [5, 5.41) is 0. The van der Waals surface area contributed by atoms with Crippen LogP contribution in [0.25, 0.3) is 0 Å². The highest BCUT2D eigenvalue weighted by Gasteiger charge is 2.03. The van der Waals surface area contributed by atoms with Crippen LogP contribution in [0.2, 0.25) is 0 Å². The molecule has 0 radical (unpaired) electrons. The van der Waals surface area contributed by atoms with Gasteiger partial charge in [0, 0.05) is 5.57 Å². The third kappa shape index (κ3) is 2.75. The van der Waals surface area contributed by atoms with Gasteiger partial charge in [-0.15, -0.1) is 0 Å². The highest BCUT2D eigenvalue weighted by molar-refractivity contribution is 5.88. The highest BCUT2D eigenvalue weighted by atomic mass is 16.5. The van der Waals surface area contributed by atoms with Gasteiger partial charge in [-0.2, -0.15) is 0 Å². The quantitative estimate of drug-likeness (QED) is 0.393. The first-order chi connectivity index (χ1) is 6.09. The van der Waals surface area contributed by atoms with Gasteiger partial charge in [-0.25, -0.2) is 4.79 Å². The molecule has 2 heteroatoms. The minimum Gasteiger partial charge on any atom is -0.423 e. The zero-order valence-electron chi connectivity index (χ0n) is 7.83. The summed E-state index contributed by atoms with van der Waals surface area (Å²) in [6.07, 6.45) is 0. The van der Waals surface area contributed by atoms with Crippen molar-refractivity contribution >= 4 is 5.97 Å². The SMILES string of the molecule is C=C(C)C(=O)Oc1ccc(C)cc1. The van der Waals surface area contributed by atoms with Crippen LogP contribution >= 0.6 is 0 Å². The number of carbonyl (C=O) groups is 1. The van der Waals surface area contributed by atoms with Crippen molar-refractivity contribution in [3.63, 3.8) is 0 Å². The Labute approximate surface area is 77.8 Å². The van der Waals surface area contributed by atoms with Gasteiger partial charge in [0.2, 0.25) is 0 Å². The van der Waals surface area contributed by atoms with E-state index in [1.54, 1.807) is 19.1 Å². The van der Waals surface area contributed by atoms with Gasteiger partial charge >= 0.3 is 5.97 Å². The van der Waals surface area contributed by atoms with Crippen LogP contribution in [0.4, 0.5) is 0 Å². The van der Waals surface area contributed by atoms with Crippen LogP contribution in [0.15, 0.2) is 36.4 Å². The molecule has 1 aromatic carbocycles. The summed E-state index contributed by atoms with van der Waals surface area (Å²) in [6, 6.07) is 7.30. The van der Waals surface area contributed by atoms with Gasteiger partial charge in [0.25, 0.3) is 0 Å². The second kappa shape index (κ2) is 3.90. The summed E-state index contributed by atoms with van der Waals surface area (Å²) < 4.78 is 4.99. The van der Waals surface area contributed by atoms with Gasteiger partial charge < -0.3 is 4.74 Å². The monoisotopic (exact) mass is 176 g/mol. The van der Waals surface area contributed by atoms with E-state index in [9.17, 15) is 4.79 Å². The summed E-state index contributed by atoms with van der Waals surface area (Å²) in [5.41, 5.74) is 1.54. The van der Waals surface area contributed by atoms with Gasteiger partial charge in [-0.3, -0.25) is 0 Å². The molecule has 0 bridgehead atoms. The molecule has 0 aromatic heterocycles. The minimum atomic E-state index is -0.385. The van der Waals surface area contributed by atoms with E-state index in [4.69, 9.17) is 4.74 Å². The maximum Gasteiger partial charge on any atom is 0.338 e. The summed E-state index contributed by atoms with van der Waals surface area (Å²) >= 11 is 0. The van der Waals surface area contributed by atoms with Gasteiger partial charge in [-0.05, 0) is 26.0 Å². The Hall–Kier alpha value is -1.57. The molecule has 0 unspecified atom stereocenters. The Morgan fingerprint density at radius 1 is 1.31 bits per heavy atom. The van der Waals surface area contributed by atoms with Crippen molar-refractivity contribution in [3.05, 3.63) is 42.0 Å². The molecule has 68 valence electrons. The summed E-state index contributed by atoms with van der Waals surface area (Å²) in [4.78, 5) is 11.1.